The molecule has 3 rings (SSSR count). The smallest absolute Gasteiger partial charge is 0.140 e. The van der Waals surface area contributed by atoms with Crippen LogP contribution in [0.2, 0.25) is 0 Å². The van der Waals surface area contributed by atoms with Gasteiger partial charge in [-0.1, -0.05) is 0 Å². The van der Waals surface area contributed by atoms with Gasteiger partial charge in [-0.3, -0.25) is 0 Å². The van der Waals surface area contributed by atoms with Crippen LogP contribution in [0.3, 0.4) is 0 Å². The van der Waals surface area contributed by atoms with Crippen molar-refractivity contribution in [1.29, 1.82) is 0 Å². The molecule has 0 radical (unpaired) electrons. The van der Waals surface area contributed by atoms with Gasteiger partial charge in [0.2, 0.25) is 0 Å². The lowest BCUT2D eigenvalue weighted by Crippen LogP contribution is -2.17. The van der Waals surface area contributed by atoms with Crippen LogP contribution < -0.4 is 5.32 Å². The molecule has 17 heavy (non-hydrogen) atoms. The number of aliphatic hydroxyl groups is 1. The third kappa shape index (κ3) is 1.53. The topological polar surface area (TPSA) is 58.5 Å². The van der Waals surface area contributed by atoms with Crippen LogP contribution in [-0.4, -0.2) is 18.7 Å². The molecule has 0 saturated heterocycles. The molecule has 0 spiro atoms. The molecule has 4 nitrogen and oxygen atoms in total. The highest BCUT2D eigenvalue weighted by Gasteiger charge is 2.18. The summed E-state index contributed by atoms with van der Waals surface area (Å²) in [6.07, 6.45) is 2.63. The van der Waals surface area contributed by atoms with Crippen LogP contribution >= 0.6 is 0 Å². The Kier molecular flexibility index (Phi) is 2.39. The predicted molar refractivity (Wildman–Crippen MR) is 64.9 cm³/mol. The number of fused-ring (bicyclic) bond motifs is 2. The van der Waals surface area contributed by atoms with Crippen LogP contribution in [0.4, 0.5) is 0 Å². The van der Waals surface area contributed by atoms with E-state index in [1.54, 1.807) is 19.6 Å². The number of likely N-dealkylation sites (N-methyl/N-ethyl adjacent to an activating group) is 1. The molecule has 3 aromatic rings. The Morgan fingerprint density at radius 2 is 2.12 bits per heavy atom. The molecule has 2 N–H and O–H groups in total. The maximum absolute atomic E-state index is 10.2. The summed E-state index contributed by atoms with van der Waals surface area (Å²) in [6.45, 7) is 0.472. The van der Waals surface area contributed by atoms with E-state index >= 15 is 0 Å². The van der Waals surface area contributed by atoms with Gasteiger partial charge in [0.25, 0.3) is 0 Å². The second-order valence-electron chi connectivity index (χ2n) is 4.04. The normalized spacial score (nSPS) is 13.5. The summed E-state index contributed by atoms with van der Waals surface area (Å²) >= 11 is 0. The average molecular weight is 231 g/mol. The largest absolute Gasteiger partial charge is 0.464 e. The fourth-order valence-corrected chi connectivity index (χ4v) is 2.20. The number of aliphatic hydroxyl groups excluding tert-OH is 1. The molecule has 0 saturated carbocycles. The van der Waals surface area contributed by atoms with Crippen LogP contribution in [0.15, 0.2) is 39.6 Å². The fourth-order valence-electron chi connectivity index (χ4n) is 2.20. The molecule has 1 unspecified atom stereocenters. The Hall–Kier alpha value is -1.78. The molecule has 2 aromatic heterocycles. The first-order valence-electron chi connectivity index (χ1n) is 5.51. The standard InChI is InChI=1S/C13H13NO3/c1-14-7-10(15)12-9-3-5-16-11(9)6-8-2-4-17-13(8)12/h2-6,10,14-15H,7H2,1H3. The minimum atomic E-state index is -0.616. The van der Waals surface area contributed by atoms with Gasteiger partial charge in [-0.2, -0.15) is 0 Å². The SMILES string of the molecule is CNCC(O)c1c2ccoc2cc2ccoc12. The summed E-state index contributed by atoms with van der Waals surface area (Å²) in [5.74, 6) is 0. The van der Waals surface area contributed by atoms with E-state index in [1.165, 1.54) is 0 Å². The molecule has 0 aliphatic carbocycles. The van der Waals surface area contributed by atoms with E-state index in [-0.39, 0.29) is 0 Å². The van der Waals surface area contributed by atoms with Crippen molar-refractivity contribution in [2.24, 2.45) is 0 Å². The summed E-state index contributed by atoms with van der Waals surface area (Å²) < 4.78 is 10.9. The van der Waals surface area contributed by atoms with Gasteiger partial charge in [0, 0.05) is 22.9 Å². The van der Waals surface area contributed by atoms with E-state index in [0.717, 1.165) is 27.5 Å². The number of rotatable bonds is 3. The second kappa shape index (κ2) is 3.91. The highest BCUT2D eigenvalue weighted by atomic mass is 16.3. The molecule has 88 valence electrons. The summed E-state index contributed by atoms with van der Waals surface area (Å²) in [5, 5.41) is 15.0. The molecule has 0 fully saturated rings. The minimum Gasteiger partial charge on any atom is -0.464 e. The monoisotopic (exact) mass is 231 g/mol. The predicted octanol–water partition coefficient (Wildman–Crippen LogP) is 2.43. The number of benzene rings is 1. The summed E-state index contributed by atoms with van der Waals surface area (Å²) in [6, 6.07) is 5.64. The second-order valence-corrected chi connectivity index (χ2v) is 4.04. The van der Waals surface area contributed by atoms with Gasteiger partial charge in [-0.05, 0) is 25.2 Å². The zero-order chi connectivity index (χ0) is 11.8. The summed E-state index contributed by atoms with van der Waals surface area (Å²) in [7, 11) is 1.80. The van der Waals surface area contributed by atoms with Crippen molar-refractivity contribution in [3.63, 3.8) is 0 Å². The van der Waals surface area contributed by atoms with Crippen molar-refractivity contribution in [2.75, 3.05) is 13.6 Å². The molecule has 0 amide bonds. The van der Waals surface area contributed by atoms with Crippen LogP contribution in [0.5, 0.6) is 0 Å². The van der Waals surface area contributed by atoms with E-state index < -0.39 is 6.10 Å². The molecule has 0 aliphatic heterocycles. The van der Waals surface area contributed by atoms with E-state index in [0.29, 0.717) is 6.54 Å². The minimum absolute atomic E-state index is 0.472. The molecular formula is C13H13NO3. The van der Waals surface area contributed by atoms with Crippen molar-refractivity contribution in [2.45, 2.75) is 6.10 Å². The summed E-state index contributed by atoms with van der Waals surface area (Å²) in [4.78, 5) is 0. The van der Waals surface area contributed by atoms with Gasteiger partial charge < -0.3 is 19.3 Å². The maximum Gasteiger partial charge on any atom is 0.140 e. The zero-order valence-corrected chi connectivity index (χ0v) is 9.43. The van der Waals surface area contributed by atoms with Crippen LogP contribution in [0.1, 0.15) is 11.7 Å². The lowest BCUT2D eigenvalue weighted by molar-refractivity contribution is 0.179. The lowest BCUT2D eigenvalue weighted by atomic mass is 10.0. The molecule has 2 heterocycles. The van der Waals surface area contributed by atoms with Gasteiger partial charge in [-0.25, -0.2) is 0 Å². The maximum atomic E-state index is 10.2. The molecule has 0 bridgehead atoms. The van der Waals surface area contributed by atoms with Gasteiger partial charge in [0.1, 0.15) is 11.2 Å². The Morgan fingerprint density at radius 3 is 2.94 bits per heavy atom. The number of hydrogen-bond donors (Lipinski definition) is 2. The first-order valence-corrected chi connectivity index (χ1v) is 5.51. The molecule has 0 aliphatic rings. The first kappa shape index (κ1) is 10.4. The highest BCUT2D eigenvalue weighted by molar-refractivity contribution is 5.97. The molecule has 1 aromatic carbocycles. The fraction of sp³-hybridized carbons (Fsp3) is 0.231. The quantitative estimate of drug-likeness (QED) is 0.726. The Bertz CT molecular complexity index is 604. The van der Waals surface area contributed by atoms with E-state index in [9.17, 15) is 5.11 Å². The van der Waals surface area contributed by atoms with E-state index in [4.69, 9.17) is 8.83 Å². The molecule has 1 atom stereocenters. The van der Waals surface area contributed by atoms with E-state index in [1.807, 2.05) is 18.2 Å². The van der Waals surface area contributed by atoms with Crippen molar-refractivity contribution < 1.29 is 13.9 Å². The van der Waals surface area contributed by atoms with Crippen LogP contribution in [0.25, 0.3) is 21.9 Å². The van der Waals surface area contributed by atoms with Crippen molar-refractivity contribution >= 4 is 21.9 Å². The van der Waals surface area contributed by atoms with Crippen LogP contribution in [-0.2, 0) is 0 Å². The Balaban J connectivity index is 2.33. The number of nitrogens with one attached hydrogen (secondary N) is 1. The molecular weight excluding hydrogens is 218 g/mol. The van der Waals surface area contributed by atoms with Crippen molar-refractivity contribution in [1.82, 2.24) is 5.32 Å². The van der Waals surface area contributed by atoms with Gasteiger partial charge in [0.05, 0.1) is 18.6 Å². The Labute approximate surface area is 97.8 Å². The summed E-state index contributed by atoms with van der Waals surface area (Å²) in [5.41, 5.74) is 2.27. The third-order valence-corrected chi connectivity index (χ3v) is 2.94. The zero-order valence-electron chi connectivity index (χ0n) is 9.43. The molecule has 4 heteroatoms. The highest BCUT2D eigenvalue weighted by Crippen LogP contribution is 2.33. The third-order valence-electron chi connectivity index (χ3n) is 2.94. The Morgan fingerprint density at radius 1 is 1.29 bits per heavy atom. The van der Waals surface area contributed by atoms with Crippen LogP contribution in [0, 0.1) is 0 Å². The number of furan rings is 2. The van der Waals surface area contributed by atoms with Crippen molar-refractivity contribution in [3.8, 4) is 0 Å². The first-order chi connectivity index (χ1) is 8.31. The number of hydrogen-bond acceptors (Lipinski definition) is 4. The van der Waals surface area contributed by atoms with E-state index in [2.05, 4.69) is 5.32 Å². The lowest BCUT2D eigenvalue weighted by Gasteiger charge is -2.11. The average Bonchev–Trinajstić information content (AvgIpc) is 2.92. The van der Waals surface area contributed by atoms with Crippen molar-refractivity contribution in [3.05, 3.63) is 36.3 Å². The van der Waals surface area contributed by atoms with Gasteiger partial charge >= 0.3 is 0 Å². The van der Waals surface area contributed by atoms with Gasteiger partial charge in [-0.15, -0.1) is 0 Å². The van der Waals surface area contributed by atoms with Gasteiger partial charge in [0.15, 0.2) is 0 Å².